The second kappa shape index (κ2) is 8.29. The Labute approximate surface area is 191 Å². The van der Waals surface area contributed by atoms with E-state index in [2.05, 4.69) is 44.6 Å². The van der Waals surface area contributed by atoms with Crippen LogP contribution in [0.1, 0.15) is 51.6 Å². The van der Waals surface area contributed by atoms with Crippen LogP contribution >= 0.6 is 0 Å². The first kappa shape index (κ1) is 21.6. The normalized spacial score (nSPS) is 27.8. The Morgan fingerprint density at radius 3 is 2.61 bits per heavy atom. The molecular weight excluding hydrogens is 424 g/mol. The van der Waals surface area contributed by atoms with Crippen molar-refractivity contribution in [3.63, 3.8) is 0 Å². The second-order valence-electron chi connectivity index (χ2n) is 9.44. The summed E-state index contributed by atoms with van der Waals surface area (Å²) < 4.78 is 6.63. The summed E-state index contributed by atoms with van der Waals surface area (Å²) in [7, 11) is 2.10. The van der Waals surface area contributed by atoms with E-state index in [0.717, 1.165) is 43.5 Å². The lowest BCUT2D eigenvalue weighted by molar-refractivity contribution is -0.139. The standard InChI is InChI=1S/C22H28N8O3/c1-14-10-22(21(32)30(14)18-12-33-20(31)15(18)2)8-6-17(7-9-22)28(3)11-16-4-5-19(25-24-16)29-13-23-26-27-29/h4-5,13-14,17H,6-12H2,1-3H3/t14-,17-,22-/m1/s1. The Balaban J connectivity index is 1.21. The molecule has 0 radical (unpaired) electrons. The number of esters is 1. The number of nitrogens with zero attached hydrogens (tertiary/aromatic N) is 8. The average molecular weight is 453 g/mol. The van der Waals surface area contributed by atoms with Crippen LogP contribution in [0.5, 0.6) is 0 Å². The van der Waals surface area contributed by atoms with Gasteiger partial charge in [0.1, 0.15) is 12.9 Å². The third-order valence-corrected chi connectivity index (χ3v) is 7.41. The fourth-order valence-corrected chi connectivity index (χ4v) is 5.53. The average Bonchev–Trinajstić information content (AvgIpc) is 3.51. The first-order valence-corrected chi connectivity index (χ1v) is 11.3. The summed E-state index contributed by atoms with van der Waals surface area (Å²) >= 11 is 0. The maximum Gasteiger partial charge on any atom is 0.336 e. The number of aromatic nitrogens is 6. The van der Waals surface area contributed by atoms with Gasteiger partial charge in [0.15, 0.2) is 5.82 Å². The van der Waals surface area contributed by atoms with Gasteiger partial charge in [0.05, 0.1) is 22.4 Å². The molecule has 1 spiro atoms. The molecule has 0 N–H and O–H groups in total. The first-order chi connectivity index (χ1) is 15.9. The van der Waals surface area contributed by atoms with Crippen molar-refractivity contribution >= 4 is 11.9 Å². The Morgan fingerprint density at radius 1 is 1.21 bits per heavy atom. The van der Waals surface area contributed by atoms with Gasteiger partial charge in [0, 0.05) is 18.6 Å². The van der Waals surface area contributed by atoms with Gasteiger partial charge in [-0.3, -0.25) is 9.69 Å². The zero-order valence-electron chi connectivity index (χ0n) is 19.1. The molecule has 1 saturated carbocycles. The molecule has 2 aromatic rings. The molecule has 2 aliphatic heterocycles. The minimum absolute atomic E-state index is 0.0835. The molecular formula is C22H28N8O3. The van der Waals surface area contributed by atoms with Gasteiger partial charge < -0.3 is 9.64 Å². The molecule has 3 aliphatic rings. The molecule has 11 heteroatoms. The summed E-state index contributed by atoms with van der Waals surface area (Å²) in [5.41, 5.74) is 1.85. The van der Waals surface area contributed by atoms with Crippen LogP contribution in [0.25, 0.3) is 5.82 Å². The molecule has 33 heavy (non-hydrogen) atoms. The fraction of sp³-hybridized carbons (Fsp3) is 0.591. The van der Waals surface area contributed by atoms with Crippen LogP contribution in [-0.2, 0) is 20.9 Å². The first-order valence-electron chi connectivity index (χ1n) is 11.3. The van der Waals surface area contributed by atoms with Gasteiger partial charge in [0.2, 0.25) is 5.91 Å². The highest BCUT2D eigenvalue weighted by Crippen LogP contribution is 2.49. The van der Waals surface area contributed by atoms with Crippen LogP contribution in [0.15, 0.2) is 29.7 Å². The van der Waals surface area contributed by atoms with E-state index in [4.69, 9.17) is 4.74 Å². The second-order valence-corrected chi connectivity index (χ2v) is 9.44. The van der Waals surface area contributed by atoms with E-state index in [0.29, 0.717) is 24.0 Å². The SMILES string of the molecule is CC1=C(N2C(=O)[C@]3(CC[C@H](N(C)Cc4ccc(-n5cnnn5)nn4)CC3)C[C@H]2C)COC1=O. The van der Waals surface area contributed by atoms with Gasteiger partial charge >= 0.3 is 5.97 Å². The smallest absolute Gasteiger partial charge is 0.336 e. The van der Waals surface area contributed by atoms with Crippen molar-refractivity contribution < 1.29 is 14.3 Å². The molecule has 0 aromatic carbocycles. The number of rotatable bonds is 5. The van der Waals surface area contributed by atoms with Gasteiger partial charge in [-0.05, 0) is 75.6 Å². The molecule has 0 bridgehead atoms. The van der Waals surface area contributed by atoms with Gasteiger partial charge in [-0.1, -0.05) is 0 Å². The van der Waals surface area contributed by atoms with Crippen LogP contribution in [0.4, 0.5) is 0 Å². The number of carbonyl (C=O) groups excluding carboxylic acids is 2. The molecule has 2 aromatic heterocycles. The minimum Gasteiger partial charge on any atom is -0.456 e. The van der Waals surface area contributed by atoms with E-state index >= 15 is 0 Å². The highest BCUT2D eigenvalue weighted by Gasteiger charge is 2.53. The summed E-state index contributed by atoms with van der Waals surface area (Å²) in [5.74, 6) is 0.419. The van der Waals surface area contributed by atoms with Crippen LogP contribution in [0.2, 0.25) is 0 Å². The lowest BCUT2D eigenvalue weighted by Gasteiger charge is -2.39. The molecule has 5 rings (SSSR count). The lowest BCUT2D eigenvalue weighted by Crippen LogP contribution is -2.42. The van der Waals surface area contributed by atoms with E-state index in [1.54, 1.807) is 6.92 Å². The van der Waals surface area contributed by atoms with Crippen molar-refractivity contribution in [2.75, 3.05) is 13.7 Å². The summed E-state index contributed by atoms with van der Waals surface area (Å²) in [4.78, 5) is 29.5. The summed E-state index contributed by atoms with van der Waals surface area (Å²) in [6, 6.07) is 4.25. The minimum atomic E-state index is -0.330. The maximum absolute atomic E-state index is 13.5. The Hall–Kier alpha value is -3.21. The van der Waals surface area contributed by atoms with Crippen molar-refractivity contribution in [1.29, 1.82) is 0 Å². The van der Waals surface area contributed by atoms with Crippen molar-refractivity contribution in [2.24, 2.45) is 5.41 Å². The van der Waals surface area contributed by atoms with Gasteiger partial charge in [-0.2, -0.15) is 9.78 Å². The van der Waals surface area contributed by atoms with Crippen molar-refractivity contribution in [3.05, 3.63) is 35.4 Å². The number of hydrogen-bond acceptors (Lipinski definition) is 9. The van der Waals surface area contributed by atoms with E-state index in [9.17, 15) is 9.59 Å². The molecule has 0 unspecified atom stereocenters. The number of ether oxygens (including phenoxy) is 1. The summed E-state index contributed by atoms with van der Waals surface area (Å²) in [6.45, 7) is 4.71. The van der Waals surface area contributed by atoms with E-state index in [-0.39, 0.29) is 29.9 Å². The molecule has 2 fully saturated rings. The molecule has 11 nitrogen and oxygen atoms in total. The lowest BCUT2D eigenvalue weighted by atomic mass is 9.70. The largest absolute Gasteiger partial charge is 0.456 e. The van der Waals surface area contributed by atoms with E-state index < -0.39 is 0 Å². The number of likely N-dealkylation sites (tertiary alicyclic amines) is 1. The monoisotopic (exact) mass is 452 g/mol. The number of tetrazole rings is 1. The molecule has 4 heterocycles. The third-order valence-electron chi connectivity index (χ3n) is 7.41. The highest BCUT2D eigenvalue weighted by atomic mass is 16.5. The summed E-state index contributed by atoms with van der Waals surface area (Å²) in [6.07, 6.45) is 5.92. The highest BCUT2D eigenvalue weighted by molar-refractivity contribution is 5.94. The topological polar surface area (TPSA) is 119 Å². The Morgan fingerprint density at radius 2 is 2.00 bits per heavy atom. The molecule has 1 saturated heterocycles. The molecule has 1 amide bonds. The Kier molecular flexibility index (Phi) is 5.43. The predicted octanol–water partition coefficient (Wildman–Crippen LogP) is 1.26. The quantitative estimate of drug-likeness (QED) is 0.618. The third kappa shape index (κ3) is 3.79. The van der Waals surface area contributed by atoms with Crippen LogP contribution < -0.4 is 0 Å². The Bertz CT molecular complexity index is 1070. The number of amides is 1. The van der Waals surface area contributed by atoms with Crippen molar-refractivity contribution in [3.8, 4) is 5.82 Å². The zero-order valence-corrected chi connectivity index (χ0v) is 19.1. The van der Waals surface area contributed by atoms with Gasteiger partial charge in [-0.15, -0.1) is 10.2 Å². The van der Waals surface area contributed by atoms with Gasteiger partial charge in [0.25, 0.3) is 0 Å². The number of carbonyl (C=O) groups is 2. The number of cyclic esters (lactones) is 1. The van der Waals surface area contributed by atoms with Crippen molar-refractivity contribution in [1.82, 2.24) is 40.2 Å². The zero-order chi connectivity index (χ0) is 23.2. The van der Waals surface area contributed by atoms with Crippen LogP contribution in [0.3, 0.4) is 0 Å². The maximum atomic E-state index is 13.5. The van der Waals surface area contributed by atoms with E-state index in [1.807, 2.05) is 17.0 Å². The van der Waals surface area contributed by atoms with Crippen molar-refractivity contribution in [2.45, 2.75) is 64.6 Å². The van der Waals surface area contributed by atoms with E-state index in [1.165, 1.54) is 11.0 Å². The van der Waals surface area contributed by atoms with Crippen LogP contribution in [0, 0.1) is 5.41 Å². The summed E-state index contributed by atoms with van der Waals surface area (Å²) in [5, 5.41) is 19.6. The fourth-order valence-electron chi connectivity index (χ4n) is 5.53. The number of hydrogen-bond donors (Lipinski definition) is 0. The van der Waals surface area contributed by atoms with Gasteiger partial charge in [-0.25, -0.2) is 4.79 Å². The predicted molar refractivity (Wildman–Crippen MR) is 115 cm³/mol. The molecule has 1 atom stereocenters. The molecule has 174 valence electrons. The van der Waals surface area contributed by atoms with Crippen LogP contribution in [-0.4, -0.2) is 77.8 Å². The molecule has 1 aliphatic carbocycles.